The predicted molar refractivity (Wildman–Crippen MR) is 49.9 cm³/mol. The summed E-state index contributed by atoms with van der Waals surface area (Å²) in [6.07, 6.45) is 3.26. The normalized spacial score (nSPS) is 7.92. The Labute approximate surface area is 72.8 Å². The Hall–Kier alpha value is -1.38. The highest BCUT2D eigenvalue weighted by Crippen LogP contribution is 2.01. The van der Waals surface area contributed by atoms with Crippen LogP contribution < -0.4 is 5.32 Å². The first-order chi connectivity index (χ1) is 5.79. The smallest absolute Gasteiger partial charge is 0.221 e. The minimum Gasteiger partial charge on any atom is -0.326 e. The van der Waals surface area contributed by atoms with Crippen molar-refractivity contribution in [2.75, 3.05) is 5.32 Å². The highest BCUT2D eigenvalue weighted by molar-refractivity contribution is 5.88. The Morgan fingerprint density at radius 3 is 2.25 bits per heavy atom. The number of anilines is 1. The maximum Gasteiger partial charge on any atom is 0.221 e. The maximum atomic E-state index is 10.5. The van der Waals surface area contributed by atoms with E-state index in [1.165, 1.54) is 6.92 Å². The van der Waals surface area contributed by atoms with Gasteiger partial charge in [0.05, 0.1) is 0 Å². The van der Waals surface area contributed by atoms with Crippen LogP contribution in [0, 0.1) is 0 Å². The van der Waals surface area contributed by atoms with Crippen molar-refractivity contribution in [3.8, 4) is 0 Å². The number of amides is 1. The van der Waals surface area contributed by atoms with E-state index in [2.05, 4.69) is 10.3 Å². The molecule has 3 nitrogen and oxygen atoms in total. The Morgan fingerprint density at radius 2 is 1.83 bits per heavy atom. The van der Waals surface area contributed by atoms with Crippen molar-refractivity contribution >= 4 is 11.6 Å². The third-order valence-electron chi connectivity index (χ3n) is 1.00. The first kappa shape index (κ1) is 10.6. The molecule has 0 atom stereocenters. The van der Waals surface area contributed by atoms with Crippen LogP contribution in [0.25, 0.3) is 0 Å². The molecule has 0 saturated heterocycles. The van der Waals surface area contributed by atoms with Crippen LogP contribution in [0.15, 0.2) is 24.5 Å². The molecule has 1 aromatic heterocycles. The summed E-state index contributed by atoms with van der Waals surface area (Å²) in [7, 11) is 0. The fourth-order valence-corrected chi connectivity index (χ4v) is 0.639. The van der Waals surface area contributed by atoms with Gasteiger partial charge in [0.15, 0.2) is 0 Å². The van der Waals surface area contributed by atoms with Crippen LogP contribution in [0.4, 0.5) is 5.69 Å². The first-order valence-electron chi connectivity index (χ1n) is 3.96. The molecule has 1 N–H and O–H groups in total. The number of pyridine rings is 1. The van der Waals surface area contributed by atoms with Gasteiger partial charge in [0.1, 0.15) is 0 Å². The summed E-state index contributed by atoms with van der Waals surface area (Å²) in [6.45, 7) is 5.47. The molecule has 0 bridgehead atoms. The summed E-state index contributed by atoms with van der Waals surface area (Å²) in [5, 5.41) is 2.63. The summed E-state index contributed by atoms with van der Waals surface area (Å²) in [4.78, 5) is 14.3. The SMILES string of the molecule is CC.CC(=O)Nc1ccncc1. The lowest BCUT2D eigenvalue weighted by Gasteiger charge is -1.97. The Balaban J connectivity index is 0.000000561. The van der Waals surface area contributed by atoms with Crippen LogP contribution in [0.5, 0.6) is 0 Å². The van der Waals surface area contributed by atoms with E-state index in [0.717, 1.165) is 5.69 Å². The van der Waals surface area contributed by atoms with E-state index in [1.807, 2.05) is 13.8 Å². The number of carbonyl (C=O) groups is 1. The molecule has 12 heavy (non-hydrogen) atoms. The quantitative estimate of drug-likeness (QED) is 0.693. The number of aromatic nitrogens is 1. The molecule has 1 aromatic rings. The van der Waals surface area contributed by atoms with Gasteiger partial charge in [-0.25, -0.2) is 0 Å². The zero-order valence-corrected chi connectivity index (χ0v) is 7.66. The van der Waals surface area contributed by atoms with Crippen LogP contribution in [0.1, 0.15) is 20.8 Å². The van der Waals surface area contributed by atoms with Gasteiger partial charge < -0.3 is 5.32 Å². The second kappa shape index (κ2) is 6.34. The van der Waals surface area contributed by atoms with Crippen molar-refractivity contribution in [3.63, 3.8) is 0 Å². The van der Waals surface area contributed by atoms with Crippen molar-refractivity contribution in [1.82, 2.24) is 4.98 Å². The van der Waals surface area contributed by atoms with Gasteiger partial charge in [-0.1, -0.05) is 13.8 Å². The number of nitrogens with one attached hydrogen (secondary N) is 1. The fourth-order valence-electron chi connectivity index (χ4n) is 0.639. The molecular weight excluding hydrogens is 152 g/mol. The molecule has 0 aromatic carbocycles. The molecular formula is C9H14N2O. The van der Waals surface area contributed by atoms with Crippen LogP contribution in [-0.2, 0) is 4.79 Å². The maximum absolute atomic E-state index is 10.5. The summed E-state index contributed by atoms with van der Waals surface area (Å²) in [5.74, 6) is -0.0637. The standard InChI is InChI=1S/C7H8N2O.C2H6/c1-6(10)9-7-2-4-8-5-3-7;1-2/h2-5H,1H3,(H,8,9,10);1-2H3. The van der Waals surface area contributed by atoms with Gasteiger partial charge in [-0.3, -0.25) is 9.78 Å². The van der Waals surface area contributed by atoms with Crippen LogP contribution in [0.2, 0.25) is 0 Å². The van der Waals surface area contributed by atoms with Gasteiger partial charge in [0.25, 0.3) is 0 Å². The van der Waals surface area contributed by atoms with Gasteiger partial charge >= 0.3 is 0 Å². The van der Waals surface area contributed by atoms with E-state index >= 15 is 0 Å². The first-order valence-corrected chi connectivity index (χ1v) is 3.96. The molecule has 66 valence electrons. The van der Waals surface area contributed by atoms with Crippen molar-refractivity contribution in [2.45, 2.75) is 20.8 Å². The number of hydrogen-bond acceptors (Lipinski definition) is 2. The summed E-state index contributed by atoms with van der Waals surface area (Å²) < 4.78 is 0. The number of nitrogens with zero attached hydrogens (tertiary/aromatic N) is 1. The second-order valence-electron chi connectivity index (χ2n) is 1.92. The summed E-state index contributed by atoms with van der Waals surface area (Å²) in [5.41, 5.74) is 0.780. The van der Waals surface area contributed by atoms with E-state index in [0.29, 0.717) is 0 Å². The van der Waals surface area contributed by atoms with Crippen LogP contribution >= 0.6 is 0 Å². The average Bonchev–Trinajstić information content (AvgIpc) is 2.08. The number of hydrogen-bond donors (Lipinski definition) is 1. The van der Waals surface area contributed by atoms with Crippen LogP contribution in [0.3, 0.4) is 0 Å². The summed E-state index contributed by atoms with van der Waals surface area (Å²) >= 11 is 0. The van der Waals surface area contributed by atoms with Gasteiger partial charge in [-0.2, -0.15) is 0 Å². The van der Waals surface area contributed by atoms with E-state index < -0.39 is 0 Å². The monoisotopic (exact) mass is 166 g/mol. The van der Waals surface area contributed by atoms with E-state index in [1.54, 1.807) is 24.5 Å². The molecule has 0 aliphatic heterocycles. The molecule has 0 aliphatic rings. The molecule has 0 aliphatic carbocycles. The molecule has 1 amide bonds. The number of rotatable bonds is 1. The molecule has 0 unspecified atom stereocenters. The molecule has 0 saturated carbocycles. The van der Waals surface area contributed by atoms with Gasteiger partial charge in [0.2, 0.25) is 5.91 Å². The third-order valence-corrected chi connectivity index (χ3v) is 1.00. The predicted octanol–water partition coefficient (Wildman–Crippen LogP) is 2.07. The highest BCUT2D eigenvalue weighted by atomic mass is 16.1. The lowest BCUT2D eigenvalue weighted by atomic mass is 10.4. The summed E-state index contributed by atoms with van der Waals surface area (Å²) in [6, 6.07) is 3.47. The van der Waals surface area contributed by atoms with Crippen molar-refractivity contribution < 1.29 is 4.79 Å². The van der Waals surface area contributed by atoms with Crippen LogP contribution in [-0.4, -0.2) is 10.9 Å². The third kappa shape index (κ3) is 4.44. The average molecular weight is 166 g/mol. The molecule has 1 heterocycles. The van der Waals surface area contributed by atoms with Gasteiger partial charge in [0, 0.05) is 25.0 Å². The van der Waals surface area contributed by atoms with E-state index in [4.69, 9.17) is 0 Å². The van der Waals surface area contributed by atoms with Crippen molar-refractivity contribution in [1.29, 1.82) is 0 Å². The minimum absolute atomic E-state index is 0.0637. The lowest BCUT2D eigenvalue weighted by Crippen LogP contribution is -2.05. The Bertz CT molecular complexity index is 221. The molecule has 0 spiro atoms. The molecule has 0 radical (unpaired) electrons. The van der Waals surface area contributed by atoms with Gasteiger partial charge in [-0.05, 0) is 12.1 Å². The van der Waals surface area contributed by atoms with Crippen molar-refractivity contribution in [3.05, 3.63) is 24.5 Å². The second-order valence-corrected chi connectivity index (χ2v) is 1.92. The topological polar surface area (TPSA) is 42.0 Å². The zero-order valence-electron chi connectivity index (χ0n) is 7.66. The Kier molecular flexibility index (Phi) is 5.61. The molecule has 1 rings (SSSR count). The van der Waals surface area contributed by atoms with E-state index in [9.17, 15) is 4.79 Å². The van der Waals surface area contributed by atoms with E-state index in [-0.39, 0.29) is 5.91 Å². The van der Waals surface area contributed by atoms with Gasteiger partial charge in [-0.15, -0.1) is 0 Å². The lowest BCUT2D eigenvalue weighted by molar-refractivity contribution is -0.114. The zero-order chi connectivity index (χ0) is 9.40. The minimum atomic E-state index is -0.0637. The Morgan fingerprint density at radius 1 is 1.33 bits per heavy atom. The number of carbonyl (C=O) groups excluding carboxylic acids is 1. The highest BCUT2D eigenvalue weighted by Gasteiger charge is 1.90. The largest absolute Gasteiger partial charge is 0.326 e. The van der Waals surface area contributed by atoms with Crippen molar-refractivity contribution in [2.24, 2.45) is 0 Å². The molecule has 0 fully saturated rings. The molecule has 3 heteroatoms. The fraction of sp³-hybridized carbons (Fsp3) is 0.333.